The standard InChI is InChI=1S/C19H30N6.HI/c1-4-24(3)16-18-9-5-8-17(14-18)15-22-19(20-2)21-10-6-12-25-13-7-11-23-25;/h5,7-9,11,13-14H,4,6,10,12,15-16H2,1-3H3,(H2,20,21,22);1H. The molecule has 0 saturated heterocycles. The summed E-state index contributed by atoms with van der Waals surface area (Å²) in [5.74, 6) is 0.830. The van der Waals surface area contributed by atoms with Crippen LogP contribution >= 0.6 is 24.0 Å². The van der Waals surface area contributed by atoms with E-state index in [2.05, 4.69) is 63.9 Å². The Labute approximate surface area is 174 Å². The quantitative estimate of drug-likeness (QED) is 0.256. The first-order valence-electron chi connectivity index (χ1n) is 8.89. The highest BCUT2D eigenvalue weighted by Crippen LogP contribution is 2.07. The van der Waals surface area contributed by atoms with Crippen molar-refractivity contribution in [2.24, 2.45) is 4.99 Å². The van der Waals surface area contributed by atoms with Crippen molar-refractivity contribution in [3.63, 3.8) is 0 Å². The second-order valence-corrected chi connectivity index (χ2v) is 6.13. The van der Waals surface area contributed by atoms with Crippen molar-refractivity contribution in [2.45, 2.75) is 33.0 Å². The first kappa shape index (κ1) is 22.4. The lowest BCUT2D eigenvalue weighted by Crippen LogP contribution is -2.37. The number of rotatable bonds is 9. The molecular formula is C19H31IN6. The van der Waals surface area contributed by atoms with E-state index in [0.29, 0.717) is 0 Å². The molecule has 1 aromatic carbocycles. The van der Waals surface area contributed by atoms with Gasteiger partial charge in [0.1, 0.15) is 0 Å². The molecule has 1 heterocycles. The lowest BCUT2D eigenvalue weighted by molar-refractivity contribution is 0.345. The second-order valence-electron chi connectivity index (χ2n) is 6.13. The average Bonchev–Trinajstić information content (AvgIpc) is 3.15. The Hall–Kier alpha value is -1.61. The monoisotopic (exact) mass is 470 g/mol. The summed E-state index contributed by atoms with van der Waals surface area (Å²) in [6, 6.07) is 10.6. The van der Waals surface area contributed by atoms with Gasteiger partial charge in [-0.05, 0) is 37.2 Å². The molecule has 0 radical (unpaired) electrons. The van der Waals surface area contributed by atoms with Crippen LogP contribution < -0.4 is 10.6 Å². The minimum atomic E-state index is 0. The van der Waals surface area contributed by atoms with Crippen LogP contribution in [-0.4, -0.2) is 47.8 Å². The van der Waals surface area contributed by atoms with Crippen LogP contribution in [0.4, 0.5) is 0 Å². The van der Waals surface area contributed by atoms with Crippen molar-refractivity contribution in [3.05, 3.63) is 53.9 Å². The summed E-state index contributed by atoms with van der Waals surface area (Å²) in [6.45, 7) is 6.74. The Balaban J connectivity index is 0.00000338. The zero-order valence-corrected chi connectivity index (χ0v) is 18.3. The molecule has 0 bridgehead atoms. The van der Waals surface area contributed by atoms with Crippen LogP contribution in [0.25, 0.3) is 0 Å². The third-order valence-electron chi connectivity index (χ3n) is 4.08. The molecule has 26 heavy (non-hydrogen) atoms. The van der Waals surface area contributed by atoms with Gasteiger partial charge in [0.25, 0.3) is 0 Å². The van der Waals surface area contributed by atoms with Gasteiger partial charge in [0.05, 0.1) is 0 Å². The number of guanidine groups is 1. The van der Waals surface area contributed by atoms with E-state index in [9.17, 15) is 0 Å². The van der Waals surface area contributed by atoms with E-state index in [1.807, 2.05) is 16.9 Å². The van der Waals surface area contributed by atoms with E-state index < -0.39 is 0 Å². The van der Waals surface area contributed by atoms with Crippen LogP contribution in [0.1, 0.15) is 24.5 Å². The molecule has 2 rings (SSSR count). The number of nitrogens with one attached hydrogen (secondary N) is 2. The first-order valence-corrected chi connectivity index (χ1v) is 8.89. The van der Waals surface area contributed by atoms with Crippen molar-refractivity contribution < 1.29 is 0 Å². The number of aromatic nitrogens is 2. The second kappa shape index (κ2) is 12.7. The van der Waals surface area contributed by atoms with Gasteiger partial charge in [-0.15, -0.1) is 24.0 Å². The molecular weight excluding hydrogens is 439 g/mol. The molecule has 144 valence electrons. The van der Waals surface area contributed by atoms with E-state index in [1.54, 1.807) is 13.2 Å². The van der Waals surface area contributed by atoms with Crippen molar-refractivity contribution in [1.82, 2.24) is 25.3 Å². The summed E-state index contributed by atoms with van der Waals surface area (Å²) in [5.41, 5.74) is 2.60. The molecule has 2 aromatic rings. The Bertz CT molecular complexity index is 641. The maximum absolute atomic E-state index is 4.29. The van der Waals surface area contributed by atoms with Gasteiger partial charge in [-0.1, -0.05) is 31.2 Å². The topological polar surface area (TPSA) is 57.5 Å². The van der Waals surface area contributed by atoms with Gasteiger partial charge in [0, 0.05) is 45.6 Å². The minimum absolute atomic E-state index is 0. The van der Waals surface area contributed by atoms with Gasteiger partial charge in [-0.25, -0.2) is 0 Å². The number of halogens is 1. The predicted octanol–water partition coefficient (Wildman–Crippen LogP) is 2.71. The SMILES string of the molecule is CCN(C)Cc1cccc(CNC(=NC)NCCCn2cccn2)c1.I. The Morgan fingerprint density at radius 2 is 2.04 bits per heavy atom. The minimum Gasteiger partial charge on any atom is -0.356 e. The highest BCUT2D eigenvalue weighted by Gasteiger charge is 2.02. The third kappa shape index (κ3) is 8.18. The summed E-state index contributed by atoms with van der Waals surface area (Å²) in [7, 11) is 3.94. The maximum atomic E-state index is 4.29. The number of nitrogens with zero attached hydrogens (tertiary/aromatic N) is 4. The fourth-order valence-electron chi connectivity index (χ4n) is 2.55. The highest BCUT2D eigenvalue weighted by molar-refractivity contribution is 14.0. The third-order valence-corrected chi connectivity index (χ3v) is 4.08. The molecule has 0 spiro atoms. The number of aryl methyl sites for hydroxylation is 1. The van der Waals surface area contributed by atoms with Crippen LogP contribution in [0.15, 0.2) is 47.7 Å². The Kier molecular flexibility index (Phi) is 11.0. The summed E-state index contributed by atoms with van der Waals surface area (Å²) < 4.78 is 1.94. The fraction of sp³-hybridized carbons (Fsp3) is 0.474. The van der Waals surface area contributed by atoms with Crippen molar-refractivity contribution in [1.29, 1.82) is 0 Å². The lowest BCUT2D eigenvalue weighted by atomic mass is 10.1. The molecule has 2 N–H and O–H groups in total. The van der Waals surface area contributed by atoms with Crippen LogP contribution in [0.5, 0.6) is 0 Å². The normalized spacial score (nSPS) is 11.3. The van der Waals surface area contributed by atoms with Crippen LogP contribution in [0, 0.1) is 0 Å². The highest BCUT2D eigenvalue weighted by atomic mass is 127. The molecule has 7 heteroatoms. The summed E-state index contributed by atoms with van der Waals surface area (Å²) in [4.78, 5) is 6.58. The van der Waals surface area contributed by atoms with Gasteiger partial charge >= 0.3 is 0 Å². The molecule has 0 saturated carbocycles. The molecule has 0 fully saturated rings. The largest absolute Gasteiger partial charge is 0.356 e. The molecule has 6 nitrogen and oxygen atoms in total. The summed E-state index contributed by atoms with van der Waals surface area (Å²) >= 11 is 0. The van der Waals surface area contributed by atoms with Crippen LogP contribution in [0.2, 0.25) is 0 Å². The zero-order chi connectivity index (χ0) is 17.9. The van der Waals surface area contributed by atoms with E-state index in [0.717, 1.165) is 45.1 Å². The van der Waals surface area contributed by atoms with E-state index >= 15 is 0 Å². The summed E-state index contributed by atoms with van der Waals surface area (Å²) in [6.07, 6.45) is 4.79. The number of benzene rings is 1. The van der Waals surface area contributed by atoms with Gasteiger partial charge < -0.3 is 15.5 Å². The molecule has 0 unspecified atom stereocenters. The first-order chi connectivity index (χ1) is 12.2. The number of hydrogen-bond acceptors (Lipinski definition) is 3. The van der Waals surface area contributed by atoms with Crippen molar-refractivity contribution >= 4 is 29.9 Å². The molecule has 0 atom stereocenters. The van der Waals surface area contributed by atoms with Crippen LogP contribution in [-0.2, 0) is 19.6 Å². The molecule has 0 aliphatic carbocycles. The molecule has 0 aliphatic rings. The van der Waals surface area contributed by atoms with E-state index in [1.165, 1.54) is 11.1 Å². The van der Waals surface area contributed by atoms with Gasteiger partial charge in [-0.3, -0.25) is 9.67 Å². The molecule has 0 aliphatic heterocycles. The zero-order valence-electron chi connectivity index (χ0n) is 16.0. The fourth-order valence-corrected chi connectivity index (χ4v) is 2.55. The van der Waals surface area contributed by atoms with Gasteiger partial charge in [-0.2, -0.15) is 5.10 Å². The van der Waals surface area contributed by atoms with E-state index in [-0.39, 0.29) is 24.0 Å². The van der Waals surface area contributed by atoms with Gasteiger partial charge in [0.2, 0.25) is 0 Å². The van der Waals surface area contributed by atoms with Crippen molar-refractivity contribution in [2.75, 3.05) is 27.2 Å². The number of hydrogen-bond donors (Lipinski definition) is 2. The average molecular weight is 470 g/mol. The Morgan fingerprint density at radius 1 is 1.23 bits per heavy atom. The van der Waals surface area contributed by atoms with Crippen LogP contribution in [0.3, 0.4) is 0 Å². The predicted molar refractivity (Wildman–Crippen MR) is 119 cm³/mol. The lowest BCUT2D eigenvalue weighted by Gasteiger charge is -2.15. The molecule has 0 amide bonds. The smallest absolute Gasteiger partial charge is 0.191 e. The van der Waals surface area contributed by atoms with Crippen molar-refractivity contribution in [3.8, 4) is 0 Å². The maximum Gasteiger partial charge on any atom is 0.191 e. The number of aliphatic imine (C=N–C) groups is 1. The molecule has 1 aromatic heterocycles. The Morgan fingerprint density at radius 3 is 2.73 bits per heavy atom. The van der Waals surface area contributed by atoms with E-state index in [4.69, 9.17) is 0 Å². The summed E-state index contributed by atoms with van der Waals surface area (Å²) in [5, 5.41) is 10.9. The van der Waals surface area contributed by atoms with Gasteiger partial charge in [0.15, 0.2) is 5.96 Å².